The molecule has 3 aromatic rings. The molecular formula is C17H17N3OS. The first-order valence-corrected chi connectivity index (χ1v) is 8.42. The van der Waals surface area contributed by atoms with Crippen molar-refractivity contribution in [3.8, 4) is 10.4 Å². The fourth-order valence-corrected chi connectivity index (χ4v) is 4.00. The van der Waals surface area contributed by atoms with Crippen LogP contribution in [0.25, 0.3) is 20.7 Å². The van der Waals surface area contributed by atoms with Crippen molar-refractivity contribution in [3.05, 3.63) is 52.6 Å². The number of nitrogens with one attached hydrogen (secondary N) is 1. The lowest BCUT2D eigenvalue weighted by Gasteiger charge is -2.12. The van der Waals surface area contributed by atoms with Gasteiger partial charge in [-0.15, -0.1) is 11.3 Å². The highest BCUT2D eigenvalue weighted by atomic mass is 32.1. The molecule has 0 spiro atoms. The summed E-state index contributed by atoms with van der Waals surface area (Å²) in [4.78, 5) is 24.2. The van der Waals surface area contributed by atoms with Gasteiger partial charge in [0, 0.05) is 4.88 Å². The van der Waals surface area contributed by atoms with E-state index < -0.39 is 0 Å². The number of fused-ring (bicyclic) bond motifs is 1. The summed E-state index contributed by atoms with van der Waals surface area (Å²) in [5, 5.41) is 0.689. The molecule has 5 heteroatoms. The number of benzene rings is 1. The standard InChI is InChI=1S/C17H17N3OS/c21-16-13-10-14(12-6-2-1-3-7-12)22-17(13)19-15(18-16)11-20-8-4-5-9-20/h1-3,6-7,10H,4-5,8-9,11H2,(H,18,19,21). The van der Waals surface area contributed by atoms with Gasteiger partial charge in [-0.3, -0.25) is 9.69 Å². The van der Waals surface area contributed by atoms with Crippen molar-refractivity contribution >= 4 is 21.6 Å². The van der Waals surface area contributed by atoms with Crippen LogP contribution in [0.5, 0.6) is 0 Å². The molecule has 0 atom stereocenters. The van der Waals surface area contributed by atoms with E-state index in [4.69, 9.17) is 0 Å². The minimum Gasteiger partial charge on any atom is -0.309 e. The fraction of sp³-hybridized carbons (Fsp3) is 0.294. The molecule has 1 aromatic carbocycles. The van der Waals surface area contributed by atoms with Crippen LogP contribution in [0.3, 0.4) is 0 Å². The molecule has 1 fully saturated rings. The van der Waals surface area contributed by atoms with Crippen LogP contribution in [-0.2, 0) is 6.54 Å². The third-order valence-corrected chi connectivity index (χ3v) is 5.16. The first-order chi connectivity index (χ1) is 10.8. The van der Waals surface area contributed by atoms with Gasteiger partial charge in [-0.25, -0.2) is 4.98 Å². The van der Waals surface area contributed by atoms with E-state index in [0.29, 0.717) is 5.39 Å². The smallest absolute Gasteiger partial charge is 0.259 e. The van der Waals surface area contributed by atoms with E-state index in [0.717, 1.165) is 40.7 Å². The van der Waals surface area contributed by atoms with Gasteiger partial charge < -0.3 is 4.98 Å². The van der Waals surface area contributed by atoms with Crippen LogP contribution in [-0.4, -0.2) is 28.0 Å². The molecule has 1 aliphatic rings. The van der Waals surface area contributed by atoms with Crippen LogP contribution in [0.2, 0.25) is 0 Å². The van der Waals surface area contributed by atoms with Crippen LogP contribution >= 0.6 is 11.3 Å². The van der Waals surface area contributed by atoms with Crippen LogP contribution < -0.4 is 5.56 Å². The summed E-state index contributed by atoms with van der Waals surface area (Å²) < 4.78 is 0. The van der Waals surface area contributed by atoms with Crippen LogP contribution in [0.1, 0.15) is 18.7 Å². The fourth-order valence-electron chi connectivity index (χ4n) is 2.95. The van der Waals surface area contributed by atoms with Crippen LogP contribution in [0.15, 0.2) is 41.2 Å². The lowest BCUT2D eigenvalue weighted by molar-refractivity contribution is 0.322. The zero-order valence-electron chi connectivity index (χ0n) is 12.2. The number of nitrogens with zero attached hydrogens (tertiary/aromatic N) is 2. The Balaban J connectivity index is 1.73. The molecule has 0 saturated carbocycles. The van der Waals surface area contributed by atoms with E-state index in [-0.39, 0.29) is 5.56 Å². The Labute approximate surface area is 132 Å². The number of H-pyrrole nitrogens is 1. The van der Waals surface area contributed by atoms with Gasteiger partial charge in [-0.05, 0) is 37.6 Å². The van der Waals surface area contributed by atoms with Crippen molar-refractivity contribution in [2.24, 2.45) is 0 Å². The lowest BCUT2D eigenvalue weighted by Crippen LogP contribution is -2.22. The Hall–Kier alpha value is -1.98. The first kappa shape index (κ1) is 13.7. The summed E-state index contributed by atoms with van der Waals surface area (Å²) in [6.45, 7) is 2.94. The van der Waals surface area contributed by atoms with Crippen molar-refractivity contribution in [1.29, 1.82) is 0 Å². The summed E-state index contributed by atoms with van der Waals surface area (Å²) in [6, 6.07) is 12.1. The number of likely N-dealkylation sites (tertiary alicyclic amines) is 1. The van der Waals surface area contributed by atoms with Crippen LogP contribution in [0, 0.1) is 0 Å². The van der Waals surface area contributed by atoms with Crippen molar-refractivity contribution in [2.45, 2.75) is 19.4 Å². The third-order valence-electron chi connectivity index (χ3n) is 4.08. The van der Waals surface area contributed by atoms with Crippen molar-refractivity contribution in [3.63, 3.8) is 0 Å². The van der Waals surface area contributed by atoms with Gasteiger partial charge >= 0.3 is 0 Å². The molecular weight excluding hydrogens is 294 g/mol. The third kappa shape index (κ3) is 2.58. The maximum atomic E-state index is 12.3. The summed E-state index contributed by atoms with van der Waals surface area (Å²) >= 11 is 1.59. The highest BCUT2D eigenvalue weighted by Gasteiger charge is 2.15. The number of hydrogen-bond donors (Lipinski definition) is 1. The topological polar surface area (TPSA) is 49.0 Å². The maximum Gasteiger partial charge on any atom is 0.259 e. The Kier molecular flexibility index (Phi) is 3.52. The molecule has 0 aliphatic carbocycles. The van der Waals surface area contributed by atoms with E-state index in [1.165, 1.54) is 12.8 Å². The average Bonchev–Trinajstić information content (AvgIpc) is 3.18. The molecule has 0 unspecified atom stereocenters. The van der Waals surface area contributed by atoms with Gasteiger partial charge in [0.25, 0.3) is 5.56 Å². The molecule has 4 nitrogen and oxygen atoms in total. The number of hydrogen-bond acceptors (Lipinski definition) is 4. The molecule has 1 saturated heterocycles. The van der Waals surface area contributed by atoms with Crippen molar-refractivity contribution in [1.82, 2.24) is 14.9 Å². The summed E-state index contributed by atoms with van der Waals surface area (Å²) in [5.41, 5.74) is 1.10. The van der Waals surface area contributed by atoms with Crippen LogP contribution in [0.4, 0.5) is 0 Å². The van der Waals surface area contributed by atoms with E-state index in [9.17, 15) is 4.79 Å². The Morgan fingerprint density at radius 1 is 1.18 bits per heavy atom. The number of aromatic nitrogens is 2. The molecule has 1 aliphatic heterocycles. The van der Waals surface area contributed by atoms with Gasteiger partial charge in [0.1, 0.15) is 10.7 Å². The lowest BCUT2D eigenvalue weighted by atomic mass is 10.2. The van der Waals surface area contributed by atoms with E-state index in [1.54, 1.807) is 11.3 Å². The number of rotatable bonds is 3. The molecule has 22 heavy (non-hydrogen) atoms. The maximum absolute atomic E-state index is 12.3. The Bertz CT molecular complexity index is 847. The second-order valence-corrected chi connectivity index (χ2v) is 6.72. The van der Waals surface area contributed by atoms with Crippen molar-refractivity contribution in [2.75, 3.05) is 13.1 Å². The zero-order chi connectivity index (χ0) is 14.9. The predicted octanol–water partition coefficient (Wildman–Crippen LogP) is 3.25. The van der Waals surface area contributed by atoms with Crippen molar-refractivity contribution < 1.29 is 0 Å². The Morgan fingerprint density at radius 3 is 2.73 bits per heavy atom. The molecule has 0 bridgehead atoms. The average molecular weight is 311 g/mol. The largest absolute Gasteiger partial charge is 0.309 e. The quantitative estimate of drug-likeness (QED) is 0.808. The molecule has 0 radical (unpaired) electrons. The van der Waals surface area contributed by atoms with E-state index >= 15 is 0 Å². The minimum absolute atomic E-state index is 0.0300. The number of aromatic amines is 1. The predicted molar refractivity (Wildman–Crippen MR) is 90.2 cm³/mol. The van der Waals surface area contributed by atoms with Gasteiger partial charge in [0.05, 0.1) is 11.9 Å². The second-order valence-electron chi connectivity index (χ2n) is 5.69. The number of thiophene rings is 1. The summed E-state index contributed by atoms with van der Waals surface area (Å²) in [6.07, 6.45) is 2.48. The first-order valence-electron chi connectivity index (χ1n) is 7.60. The van der Waals surface area contributed by atoms with E-state index in [1.807, 2.05) is 24.3 Å². The van der Waals surface area contributed by atoms with Gasteiger partial charge in [-0.1, -0.05) is 30.3 Å². The molecule has 2 aromatic heterocycles. The van der Waals surface area contributed by atoms with Gasteiger partial charge in [-0.2, -0.15) is 0 Å². The minimum atomic E-state index is -0.0300. The van der Waals surface area contributed by atoms with Gasteiger partial charge in [0.2, 0.25) is 0 Å². The molecule has 0 amide bonds. The molecule has 3 heterocycles. The summed E-state index contributed by atoms with van der Waals surface area (Å²) in [5.74, 6) is 0.779. The van der Waals surface area contributed by atoms with Gasteiger partial charge in [0.15, 0.2) is 0 Å². The monoisotopic (exact) mass is 311 g/mol. The molecule has 1 N–H and O–H groups in total. The Morgan fingerprint density at radius 2 is 1.95 bits per heavy atom. The highest BCUT2D eigenvalue weighted by Crippen LogP contribution is 2.30. The van der Waals surface area contributed by atoms with E-state index in [2.05, 4.69) is 27.0 Å². The molecule has 4 rings (SSSR count). The normalized spacial score (nSPS) is 15.6. The molecule has 112 valence electrons. The summed E-state index contributed by atoms with van der Waals surface area (Å²) in [7, 11) is 0. The highest BCUT2D eigenvalue weighted by molar-refractivity contribution is 7.21. The zero-order valence-corrected chi connectivity index (χ0v) is 13.0. The second kappa shape index (κ2) is 5.66. The SMILES string of the molecule is O=c1[nH]c(CN2CCCC2)nc2sc(-c3ccccc3)cc12.